The first-order valence-corrected chi connectivity index (χ1v) is 14.5. The molecule has 2 heteroatoms. The van der Waals surface area contributed by atoms with Crippen LogP contribution in [-0.4, -0.2) is 32.9 Å². The summed E-state index contributed by atoms with van der Waals surface area (Å²) in [5.74, 6) is 1.98. The molecule has 0 radical (unpaired) electrons. The van der Waals surface area contributed by atoms with Gasteiger partial charge in [0.05, 0.1) is 0 Å². The second-order valence-electron chi connectivity index (χ2n) is 13.0. The molecule has 0 aromatic rings. The molecule has 0 aromatic carbocycles. The standard InChI is InChI=1S/C25H52P2/c1-22(2,3)26(23(4,5)6)18-17-20-15-13-14-16-21(20)19-27(24(7,8)9)25(10,11)12/h20-21H,13-19H2,1-12H3. The minimum absolute atomic E-state index is 0.0419. The topological polar surface area (TPSA) is 0 Å². The van der Waals surface area contributed by atoms with Crippen molar-refractivity contribution in [3.63, 3.8) is 0 Å². The molecule has 0 aliphatic heterocycles. The Morgan fingerprint density at radius 1 is 0.556 bits per heavy atom. The summed E-state index contributed by atoms with van der Waals surface area (Å²) in [5, 5.41) is 1.89. The minimum atomic E-state index is 0.0419. The van der Waals surface area contributed by atoms with Crippen molar-refractivity contribution in [2.75, 3.05) is 12.3 Å². The van der Waals surface area contributed by atoms with Crippen molar-refractivity contribution in [1.82, 2.24) is 0 Å². The normalized spacial score (nSPS) is 23.3. The summed E-state index contributed by atoms with van der Waals surface area (Å²) in [5.41, 5.74) is 0. The minimum Gasteiger partial charge on any atom is -0.0956 e. The van der Waals surface area contributed by atoms with Crippen LogP contribution < -0.4 is 0 Å². The molecule has 2 atom stereocenters. The maximum atomic E-state index is 2.50. The van der Waals surface area contributed by atoms with Crippen molar-refractivity contribution in [2.45, 2.75) is 136 Å². The second-order valence-corrected chi connectivity index (χ2v) is 20.9. The molecule has 27 heavy (non-hydrogen) atoms. The van der Waals surface area contributed by atoms with Crippen LogP contribution >= 0.6 is 15.8 Å². The molecule has 0 N–H and O–H groups in total. The first-order valence-electron chi connectivity index (χ1n) is 11.5. The van der Waals surface area contributed by atoms with Gasteiger partial charge in [-0.25, -0.2) is 0 Å². The van der Waals surface area contributed by atoms with Gasteiger partial charge < -0.3 is 0 Å². The Morgan fingerprint density at radius 3 is 1.30 bits per heavy atom. The van der Waals surface area contributed by atoms with Crippen molar-refractivity contribution in [3.05, 3.63) is 0 Å². The molecule has 1 fully saturated rings. The lowest BCUT2D eigenvalue weighted by molar-refractivity contribution is 0.252. The summed E-state index contributed by atoms with van der Waals surface area (Å²) >= 11 is 0. The molecule has 0 nitrogen and oxygen atoms in total. The molecule has 1 aliphatic carbocycles. The molecule has 2 unspecified atom stereocenters. The molecule has 162 valence electrons. The van der Waals surface area contributed by atoms with E-state index in [-0.39, 0.29) is 15.8 Å². The van der Waals surface area contributed by atoms with Gasteiger partial charge in [0.15, 0.2) is 0 Å². The molecule has 0 amide bonds. The Labute approximate surface area is 175 Å². The fraction of sp³-hybridized carbons (Fsp3) is 1.00. The zero-order chi connectivity index (χ0) is 21.3. The molecular formula is C25H52P2. The summed E-state index contributed by atoms with van der Waals surface area (Å²) in [4.78, 5) is 0. The van der Waals surface area contributed by atoms with Crippen LogP contribution in [0, 0.1) is 11.8 Å². The molecule has 0 heterocycles. The van der Waals surface area contributed by atoms with Crippen LogP contribution in [0.1, 0.15) is 115 Å². The monoisotopic (exact) mass is 414 g/mol. The van der Waals surface area contributed by atoms with Crippen LogP contribution in [0.3, 0.4) is 0 Å². The first-order chi connectivity index (χ1) is 11.9. The SMILES string of the molecule is CC(C)(C)P(CCC1CCCCC1CP(C(C)(C)C)C(C)(C)C)C(C)(C)C. The van der Waals surface area contributed by atoms with Crippen molar-refractivity contribution >= 4 is 15.8 Å². The molecule has 1 saturated carbocycles. The van der Waals surface area contributed by atoms with Crippen LogP contribution in [0.25, 0.3) is 0 Å². The fourth-order valence-electron chi connectivity index (χ4n) is 5.67. The number of hydrogen-bond donors (Lipinski definition) is 0. The average Bonchev–Trinajstić information content (AvgIpc) is 2.40. The zero-order valence-electron chi connectivity index (χ0n) is 21.0. The largest absolute Gasteiger partial charge is 0.0956 e. The Balaban J connectivity index is 2.89. The van der Waals surface area contributed by atoms with Gasteiger partial charge in [-0.05, 0) is 57.6 Å². The Kier molecular flexibility index (Phi) is 8.96. The first kappa shape index (κ1) is 25.9. The lowest BCUT2D eigenvalue weighted by Crippen LogP contribution is -2.33. The number of hydrogen-bond acceptors (Lipinski definition) is 0. The summed E-state index contributed by atoms with van der Waals surface area (Å²) < 4.78 is 0. The summed E-state index contributed by atoms with van der Waals surface area (Å²) in [6, 6.07) is 0. The molecule has 0 bridgehead atoms. The van der Waals surface area contributed by atoms with Gasteiger partial charge in [-0.3, -0.25) is 0 Å². The van der Waals surface area contributed by atoms with Gasteiger partial charge in [0.25, 0.3) is 0 Å². The van der Waals surface area contributed by atoms with E-state index in [0.29, 0.717) is 20.6 Å². The molecule has 1 aliphatic rings. The molecule has 0 spiro atoms. The third kappa shape index (κ3) is 8.25. The lowest BCUT2D eigenvalue weighted by Gasteiger charge is -2.46. The summed E-state index contributed by atoms with van der Waals surface area (Å²) in [6.45, 7) is 29.9. The number of rotatable bonds is 5. The van der Waals surface area contributed by atoms with Gasteiger partial charge in [-0.15, -0.1) is 0 Å². The third-order valence-corrected chi connectivity index (χ3v) is 14.5. The predicted octanol–water partition coefficient (Wildman–Crippen LogP) is 9.34. The van der Waals surface area contributed by atoms with E-state index in [9.17, 15) is 0 Å². The third-order valence-electron chi connectivity index (χ3n) is 6.45. The van der Waals surface area contributed by atoms with Crippen molar-refractivity contribution in [2.24, 2.45) is 11.8 Å². The smallest absolute Gasteiger partial charge is 0.0175 e. The van der Waals surface area contributed by atoms with Crippen LogP contribution in [0.4, 0.5) is 0 Å². The Morgan fingerprint density at radius 2 is 0.926 bits per heavy atom. The van der Waals surface area contributed by atoms with Gasteiger partial charge in [-0.1, -0.05) is 118 Å². The van der Waals surface area contributed by atoms with E-state index in [4.69, 9.17) is 0 Å². The maximum absolute atomic E-state index is 2.50. The lowest BCUT2D eigenvalue weighted by atomic mass is 9.79. The molecule has 1 rings (SSSR count). The second kappa shape index (κ2) is 9.34. The van der Waals surface area contributed by atoms with E-state index in [1.54, 1.807) is 0 Å². The van der Waals surface area contributed by atoms with Crippen molar-refractivity contribution < 1.29 is 0 Å². The average molecular weight is 415 g/mol. The van der Waals surface area contributed by atoms with Crippen LogP contribution in [0.2, 0.25) is 0 Å². The van der Waals surface area contributed by atoms with Crippen molar-refractivity contribution in [1.29, 1.82) is 0 Å². The van der Waals surface area contributed by atoms with E-state index in [0.717, 1.165) is 11.8 Å². The van der Waals surface area contributed by atoms with E-state index in [1.807, 2.05) is 0 Å². The zero-order valence-corrected chi connectivity index (χ0v) is 22.8. The van der Waals surface area contributed by atoms with Crippen LogP contribution in [0.5, 0.6) is 0 Å². The van der Waals surface area contributed by atoms with Gasteiger partial charge in [-0.2, -0.15) is 0 Å². The Bertz CT molecular complexity index is 411. The molecule has 0 saturated heterocycles. The van der Waals surface area contributed by atoms with Gasteiger partial charge in [0.2, 0.25) is 0 Å². The van der Waals surface area contributed by atoms with Crippen LogP contribution in [-0.2, 0) is 0 Å². The summed E-state index contributed by atoms with van der Waals surface area (Å²) in [6.07, 6.45) is 10.4. The highest BCUT2D eigenvalue weighted by atomic mass is 31.1. The van der Waals surface area contributed by atoms with Gasteiger partial charge >= 0.3 is 0 Å². The highest BCUT2D eigenvalue weighted by molar-refractivity contribution is 7.61. The highest BCUT2D eigenvalue weighted by Gasteiger charge is 2.39. The van der Waals surface area contributed by atoms with E-state index in [2.05, 4.69) is 83.1 Å². The van der Waals surface area contributed by atoms with Gasteiger partial charge in [0, 0.05) is 0 Å². The quantitative estimate of drug-likeness (QED) is 0.393. The van der Waals surface area contributed by atoms with E-state index >= 15 is 0 Å². The Hall–Kier alpha value is 0.860. The van der Waals surface area contributed by atoms with Crippen molar-refractivity contribution in [3.8, 4) is 0 Å². The predicted molar refractivity (Wildman–Crippen MR) is 133 cm³/mol. The fourth-order valence-corrected chi connectivity index (χ4v) is 13.7. The molecule has 0 aromatic heterocycles. The molecular weight excluding hydrogens is 362 g/mol. The van der Waals surface area contributed by atoms with E-state index < -0.39 is 0 Å². The van der Waals surface area contributed by atoms with Crippen LogP contribution in [0.15, 0.2) is 0 Å². The summed E-state index contributed by atoms with van der Waals surface area (Å²) in [7, 11) is 0.0950. The highest BCUT2D eigenvalue weighted by Crippen LogP contribution is 2.63. The maximum Gasteiger partial charge on any atom is -0.0175 e. The van der Waals surface area contributed by atoms with E-state index in [1.165, 1.54) is 44.4 Å². The van der Waals surface area contributed by atoms with Gasteiger partial charge in [0.1, 0.15) is 0 Å².